The molecule has 2 aliphatic rings. The lowest BCUT2D eigenvalue weighted by atomic mass is 10.0. The van der Waals surface area contributed by atoms with E-state index >= 15 is 0 Å². The highest BCUT2D eigenvalue weighted by Gasteiger charge is 2.28. The van der Waals surface area contributed by atoms with E-state index in [9.17, 15) is 4.79 Å². The summed E-state index contributed by atoms with van der Waals surface area (Å²) in [6.07, 6.45) is 21.7. The highest BCUT2D eigenvalue weighted by atomic mass is 16.7. The average Bonchev–Trinajstić information content (AvgIpc) is 2.84. The highest BCUT2D eigenvalue weighted by molar-refractivity contribution is 5.94. The second-order valence-electron chi connectivity index (χ2n) is 11.0. The number of ether oxygens (including phenoxy) is 2. The van der Waals surface area contributed by atoms with Gasteiger partial charge in [-0.3, -0.25) is 4.79 Å². The lowest BCUT2D eigenvalue weighted by Gasteiger charge is -2.28. The molecular weight excluding hydrogens is 436 g/mol. The van der Waals surface area contributed by atoms with Gasteiger partial charge in [0.15, 0.2) is 12.1 Å². The van der Waals surface area contributed by atoms with Crippen LogP contribution in [0.1, 0.15) is 111 Å². The van der Waals surface area contributed by atoms with Crippen LogP contribution in [0.25, 0.3) is 0 Å². The van der Waals surface area contributed by atoms with Gasteiger partial charge in [-0.25, -0.2) is 0 Å². The minimum atomic E-state index is -0.351. The number of unbranched alkanes of at least 4 members (excludes halogenated alkanes) is 13. The smallest absolute Gasteiger partial charge is 0.184 e. The molecule has 1 fully saturated rings. The summed E-state index contributed by atoms with van der Waals surface area (Å²) in [5, 5.41) is 0. The minimum absolute atomic E-state index is 0.0568. The van der Waals surface area contributed by atoms with Gasteiger partial charge in [0.1, 0.15) is 6.10 Å². The van der Waals surface area contributed by atoms with Gasteiger partial charge in [-0.2, -0.15) is 0 Å². The number of rotatable bonds is 17. The largest absolute Gasteiger partial charge is 0.349 e. The molecule has 0 aromatic carbocycles. The zero-order valence-corrected chi connectivity index (χ0v) is 23.9. The fraction of sp³-hybridized carbons (Fsp3) is 0.900. The number of carbonyl (C=O) groups excluding carboxylic acids is 1. The lowest BCUT2D eigenvalue weighted by Crippen LogP contribution is -2.42. The number of piperazine rings is 1. The number of carbonyl (C=O) groups is 1. The van der Waals surface area contributed by atoms with E-state index in [1.165, 1.54) is 110 Å². The third-order valence-electron chi connectivity index (χ3n) is 7.09. The van der Waals surface area contributed by atoms with E-state index in [1.807, 2.05) is 13.8 Å². The molecule has 5 heteroatoms. The van der Waals surface area contributed by atoms with E-state index in [2.05, 4.69) is 30.8 Å². The Kier molecular flexibility index (Phi) is 19.7. The summed E-state index contributed by atoms with van der Waals surface area (Å²) in [6.45, 7) is 11.9. The lowest BCUT2D eigenvalue weighted by molar-refractivity contribution is -0.170. The van der Waals surface area contributed by atoms with Crippen molar-refractivity contribution in [2.24, 2.45) is 5.92 Å². The molecule has 0 N–H and O–H groups in total. The number of likely N-dealkylation sites (N-methyl/N-ethyl adjacent to an activating group) is 2. The first-order valence-electron chi connectivity index (χ1n) is 14.8. The first-order valence-corrected chi connectivity index (χ1v) is 14.8. The van der Waals surface area contributed by atoms with Crippen LogP contribution in [0.3, 0.4) is 0 Å². The van der Waals surface area contributed by atoms with Crippen LogP contribution < -0.4 is 0 Å². The minimum Gasteiger partial charge on any atom is -0.349 e. The summed E-state index contributed by atoms with van der Waals surface area (Å²) in [5.74, 6) is 0.246. The average molecular weight is 495 g/mol. The van der Waals surface area contributed by atoms with Gasteiger partial charge < -0.3 is 19.3 Å². The Morgan fingerprint density at radius 3 is 1.66 bits per heavy atom. The topological polar surface area (TPSA) is 42.0 Å². The number of hydrogen-bond donors (Lipinski definition) is 0. The number of nitrogens with zero attached hydrogens (tertiary/aromatic N) is 2. The summed E-state index contributed by atoms with van der Waals surface area (Å²) in [6, 6.07) is 0. The van der Waals surface area contributed by atoms with Crippen molar-refractivity contribution in [2.75, 3.05) is 46.9 Å². The Morgan fingerprint density at radius 1 is 0.800 bits per heavy atom. The maximum absolute atomic E-state index is 11.7. The van der Waals surface area contributed by atoms with Gasteiger partial charge in [0, 0.05) is 26.2 Å². The Hall–Kier alpha value is -0.750. The quantitative estimate of drug-likeness (QED) is 0.207. The summed E-state index contributed by atoms with van der Waals surface area (Å²) in [4.78, 5) is 16.4. The second-order valence-corrected chi connectivity index (χ2v) is 11.0. The van der Waals surface area contributed by atoms with E-state index in [-0.39, 0.29) is 24.1 Å². The molecular formula is C30H58N2O3. The molecule has 1 saturated heterocycles. The Morgan fingerprint density at radius 2 is 1.23 bits per heavy atom. The number of ketones is 1. The van der Waals surface area contributed by atoms with Crippen molar-refractivity contribution in [3.8, 4) is 0 Å². The van der Waals surface area contributed by atoms with Crippen molar-refractivity contribution < 1.29 is 14.3 Å². The van der Waals surface area contributed by atoms with Crippen molar-refractivity contribution in [3.63, 3.8) is 0 Å². The Bertz CT molecular complexity index is 520. The van der Waals surface area contributed by atoms with E-state index in [0.29, 0.717) is 6.61 Å². The van der Waals surface area contributed by atoms with Crippen LogP contribution >= 0.6 is 0 Å². The molecule has 2 atom stereocenters. The molecule has 2 aliphatic heterocycles. The van der Waals surface area contributed by atoms with Crippen molar-refractivity contribution in [1.29, 1.82) is 0 Å². The van der Waals surface area contributed by atoms with Crippen LogP contribution in [0.15, 0.2) is 12.2 Å². The molecule has 0 spiro atoms. The van der Waals surface area contributed by atoms with E-state index < -0.39 is 0 Å². The summed E-state index contributed by atoms with van der Waals surface area (Å²) < 4.78 is 11.5. The molecule has 35 heavy (non-hydrogen) atoms. The first-order chi connectivity index (χ1) is 16.9. The predicted molar refractivity (Wildman–Crippen MR) is 149 cm³/mol. The van der Waals surface area contributed by atoms with Gasteiger partial charge in [0.25, 0.3) is 0 Å². The molecule has 206 valence electrons. The molecule has 0 radical (unpaired) electrons. The van der Waals surface area contributed by atoms with E-state index in [0.717, 1.165) is 6.42 Å². The van der Waals surface area contributed by atoms with Crippen molar-refractivity contribution in [3.05, 3.63) is 12.2 Å². The molecule has 0 bridgehead atoms. The molecule has 2 heterocycles. The maximum atomic E-state index is 11.7. The van der Waals surface area contributed by atoms with Crippen LogP contribution in [0.4, 0.5) is 0 Å². The van der Waals surface area contributed by atoms with Gasteiger partial charge in [-0.15, -0.1) is 0 Å². The fourth-order valence-corrected chi connectivity index (χ4v) is 4.51. The SMILES string of the molecule is CCCCCCCCCCCCCCCCOC1C=CC(=O)C(C(C)C)O1.CN1CCN(C)CC1. The van der Waals surface area contributed by atoms with Crippen LogP contribution in [-0.4, -0.2) is 74.9 Å². The molecule has 5 nitrogen and oxygen atoms in total. The highest BCUT2D eigenvalue weighted by Crippen LogP contribution is 2.18. The molecule has 0 aliphatic carbocycles. The first kappa shape index (κ1) is 32.3. The van der Waals surface area contributed by atoms with Gasteiger partial charge in [-0.1, -0.05) is 104 Å². The van der Waals surface area contributed by atoms with Crippen molar-refractivity contribution >= 4 is 5.78 Å². The Labute approximate surface area is 218 Å². The zero-order valence-electron chi connectivity index (χ0n) is 23.9. The standard InChI is InChI=1S/C24H44O3.C6H14N2/c1-4-5-6-7-8-9-10-11-12-13-14-15-16-17-20-26-23-19-18-22(25)24(27-23)21(2)3;1-7-3-5-8(2)6-4-7/h18-19,21,23-24H,4-17,20H2,1-3H3;3-6H2,1-2H3. The molecule has 0 aromatic heterocycles. The normalized spacial score (nSPS) is 21.4. The zero-order chi connectivity index (χ0) is 25.7. The van der Waals surface area contributed by atoms with Crippen LogP contribution in [0.5, 0.6) is 0 Å². The monoisotopic (exact) mass is 494 g/mol. The third-order valence-corrected chi connectivity index (χ3v) is 7.09. The van der Waals surface area contributed by atoms with E-state index in [1.54, 1.807) is 12.2 Å². The molecule has 2 unspecified atom stereocenters. The van der Waals surface area contributed by atoms with Gasteiger partial charge in [-0.05, 0) is 38.6 Å². The van der Waals surface area contributed by atoms with Gasteiger partial charge in [0.05, 0.1) is 6.61 Å². The van der Waals surface area contributed by atoms with Gasteiger partial charge >= 0.3 is 0 Å². The molecule has 0 aromatic rings. The molecule has 0 saturated carbocycles. The summed E-state index contributed by atoms with van der Waals surface area (Å²) >= 11 is 0. The number of hydrogen-bond acceptors (Lipinski definition) is 5. The van der Waals surface area contributed by atoms with Crippen LogP contribution in [0.2, 0.25) is 0 Å². The summed E-state index contributed by atoms with van der Waals surface area (Å²) in [5.41, 5.74) is 0. The van der Waals surface area contributed by atoms with E-state index in [4.69, 9.17) is 9.47 Å². The van der Waals surface area contributed by atoms with Crippen LogP contribution in [-0.2, 0) is 14.3 Å². The predicted octanol–water partition coefficient (Wildman–Crippen LogP) is 6.85. The molecule has 2 rings (SSSR count). The van der Waals surface area contributed by atoms with Gasteiger partial charge in [0.2, 0.25) is 0 Å². The van der Waals surface area contributed by atoms with Crippen molar-refractivity contribution in [2.45, 2.75) is 123 Å². The third kappa shape index (κ3) is 17.4. The molecule has 0 amide bonds. The second kappa shape index (κ2) is 21.3. The fourth-order valence-electron chi connectivity index (χ4n) is 4.51. The Balaban J connectivity index is 0.000000642. The summed E-state index contributed by atoms with van der Waals surface area (Å²) in [7, 11) is 4.35. The van der Waals surface area contributed by atoms with Crippen molar-refractivity contribution in [1.82, 2.24) is 9.80 Å². The van der Waals surface area contributed by atoms with Crippen LogP contribution in [0, 0.1) is 5.92 Å². The maximum Gasteiger partial charge on any atom is 0.184 e.